The van der Waals surface area contributed by atoms with Crippen LogP contribution in [-0.4, -0.2) is 32.9 Å². The molecule has 6 heteroatoms. The number of thioether (sulfide) groups is 1. The highest BCUT2D eigenvalue weighted by Gasteiger charge is 2.12. The molecule has 0 saturated carbocycles. The van der Waals surface area contributed by atoms with E-state index in [4.69, 9.17) is 0 Å². The van der Waals surface area contributed by atoms with E-state index in [-0.39, 0.29) is 12.5 Å². The Balaban J connectivity index is 1.52. The van der Waals surface area contributed by atoms with Crippen molar-refractivity contribution in [1.29, 1.82) is 0 Å². The Hall–Kier alpha value is -2.57. The van der Waals surface area contributed by atoms with Crippen LogP contribution in [-0.2, 0) is 24.4 Å². The van der Waals surface area contributed by atoms with Crippen LogP contribution in [0.15, 0.2) is 72.0 Å². The summed E-state index contributed by atoms with van der Waals surface area (Å²) >= 11 is 1.39. The summed E-state index contributed by atoms with van der Waals surface area (Å²) in [5.74, 6) is 0.279. The Morgan fingerprint density at radius 3 is 2.37 bits per heavy atom. The lowest BCUT2D eigenvalue weighted by Gasteiger charge is -2.11. The molecule has 0 unspecified atom stereocenters. The molecule has 3 rings (SSSR count). The highest BCUT2D eigenvalue weighted by Crippen LogP contribution is 2.20. The second-order valence-corrected chi connectivity index (χ2v) is 7.08. The minimum atomic E-state index is -0.0797. The molecule has 1 heterocycles. The van der Waals surface area contributed by atoms with Crippen molar-refractivity contribution in [3.63, 3.8) is 0 Å². The van der Waals surface area contributed by atoms with Crippen molar-refractivity contribution in [3.05, 3.63) is 83.7 Å². The van der Waals surface area contributed by atoms with Crippen molar-refractivity contribution in [2.24, 2.45) is 0 Å². The molecule has 0 atom stereocenters. The third-order valence-corrected chi connectivity index (χ3v) is 5.15. The number of nitrogens with one attached hydrogen (secondary N) is 1. The molecule has 0 fully saturated rings. The van der Waals surface area contributed by atoms with Gasteiger partial charge in [0.1, 0.15) is 0 Å². The summed E-state index contributed by atoms with van der Waals surface area (Å²) in [5, 5.41) is 13.2. The van der Waals surface area contributed by atoms with Gasteiger partial charge in [-0.1, -0.05) is 72.4 Å². The molecular weight excluding hydrogens is 358 g/mol. The van der Waals surface area contributed by atoms with Crippen molar-refractivity contribution >= 4 is 17.7 Å². The normalized spacial score (nSPS) is 10.7. The first-order chi connectivity index (χ1) is 13.3. The molecule has 0 spiro atoms. The van der Waals surface area contributed by atoms with E-state index in [2.05, 4.69) is 22.4 Å². The fourth-order valence-electron chi connectivity index (χ4n) is 2.74. The summed E-state index contributed by atoms with van der Waals surface area (Å²) in [6, 6.07) is 20.1. The lowest BCUT2D eigenvalue weighted by molar-refractivity contribution is -0.118. The molecular formula is C21H23N3O2S. The van der Waals surface area contributed by atoms with Crippen molar-refractivity contribution in [2.75, 3.05) is 12.3 Å². The van der Waals surface area contributed by atoms with Crippen LogP contribution in [0.5, 0.6) is 0 Å². The van der Waals surface area contributed by atoms with Crippen LogP contribution >= 0.6 is 11.8 Å². The number of benzene rings is 2. The van der Waals surface area contributed by atoms with Gasteiger partial charge in [-0.2, -0.15) is 0 Å². The Morgan fingerprint density at radius 2 is 1.70 bits per heavy atom. The second kappa shape index (κ2) is 9.94. The fraction of sp³-hybridized carbons (Fsp3) is 0.238. The smallest absolute Gasteiger partial charge is 0.230 e. The Kier molecular flexibility index (Phi) is 7.07. The van der Waals surface area contributed by atoms with Gasteiger partial charge in [0.05, 0.1) is 24.3 Å². The van der Waals surface area contributed by atoms with Gasteiger partial charge in [-0.25, -0.2) is 4.98 Å². The molecule has 3 aromatic rings. The zero-order valence-electron chi connectivity index (χ0n) is 15.0. The summed E-state index contributed by atoms with van der Waals surface area (Å²) in [4.78, 5) is 16.5. The number of imidazole rings is 1. The topological polar surface area (TPSA) is 67.1 Å². The lowest BCUT2D eigenvalue weighted by Crippen LogP contribution is -2.27. The van der Waals surface area contributed by atoms with Gasteiger partial charge in [-0.15, -0.1) is 0 Å². The summed E-state index contributed by atoms with van der Waals surface area (Å²) in [7, 11) is 0. The van der Waals surface area contributed by atoms with E-state index in [1.54, 1.807) is 6.20 Å². The molecule has 0 aliphatic rings. The van der Waals surface area contributed by atoms with Crippen LogP contribution < -0.4 is 5.32 Å². The van der Waals surface area contributed by atoms with E-state index in [1.165, 1.54) is 17.3 Å². The summed E-state index contributed by atoms with van der Waals surface area (Å²) in [6.45, 7) is 1.15. The Bertz CT molecular complexity index is 850. The molecule has 1 amide bonds. The van der Waals surface area contributed by atoms with Gasteiger partial charge in [0.2, 0.25) is 5.91 Å². The van der Waals surface area contributed by atoms with E-state index in [0.29, 0.717) is 18.8 Å². The number of rotatable bonds is 9. The number of hydrogen-bond donors (Lipinski definition) is 2. The van der Waals surface area contributed by atoms with Crippen molar-refractivity contribution in [3.8, 4) is 0 Å². The molecule has 1 aromatic heterocycles. The van der Waals surface area contributed by atoms with Gasteiger partial charge in [0.25, 0.3) is 0 Å². The first-order valence-corrected chi connectivity index (χ1v) is 9.87. The van der Waals surface area contributed by atoms with Crippen LogP contribution in [0.1, 0.15) is 16.8 Å². The van der Waals surface area contributed by atoms with Gasteiger partial charge in [0.15, 0.2) is 5.16 Å². The van der Waals surface area contributed by atoms with Gasteiger partial charge >= 0.3 is 0 Å². The zero-order valence-corrected chi connectivity index (χ0v) is 15.9. The molecule has 2 N–H and O–H groups in total. The lowest BCUT2D eigenvalue weighted by atomic mass is 10.1. The molecule has 140 valence electrons. The van der Waals surface area contributed by atoms with Gasteiger partial charge in [-0.3, -0.25) is 4.79 Å². The standard InChI is InChI=1S/C21H23N3O2S/c25-15-19-13-23-21(24(19)14-18-9-5-2-6-10-18)27-16-20(26)22-12-11-17-7-3-1-4-8-17/h1-10,13,25H,11-12,14-16H2,(H,22,26). The SMILES string of the molecule is O=C(CSc1ncc(CO)n1Cc1ccccc1)NCCc1ccccc1. The Labute approximate surface area is 163 Å². The summed E-state index contributed by atoms with van der Waals surface area (Å²) in [5.41, 5.74) is 3.07. The highest BCUT2D eigenvalue weighted by molar-refractivity contribution is 7.99. The van der Waals surface area contributed by atoms with E-state index >= 15 is 0 Å². The van der Waals surface area contributed by atoms with Crippen LogP contribution in [0.2, 0.25) is 0 Å². The Morgan fingerprint density at radius 1 is 1.04 bits per heavy atom. The van der Waals surface area contributed by atoms with Crippen molar-refractivity contribution in [2.45, 2.75) is 24.7 Å². The average molecular weight is 382 g/mol. The molecule has 27 heavy (non-hydrogen) atoms. The maximum atomic E-state index is 12.1. The largest absolute Gasteiger partial charge is 0.390 e. The third kappa shape index (κ3) is 5.70. The number of amides is 1. The van der Waals surface area contributed by atoms with E-state index < -0.39 is 0 Å². The number of hydrogen-bond acceptors (Lipinski definition) is 4. The maximum absolute atomic E-state index is 12.1. The monoisotopic (exact) mass is 381 g/mol. The van der Waals surface area contributed by atoms with E-state index in [0.717, 1.165) is 22.8 Å². The molecule has 0 aliphatic heterocycles. The van der Waals surface area contributed by atoms with E-state index in [1.807, 2.05) is 53.1 Å². The number of aromatic nitrogens is 2. The summed E-state index contributed by atoms with van der Waals surface area (Å²) in [6.07, 6.45) is 2.48. The number of aliphatic hydroxyl groups is 1. The number of nitrogens with zero attached hydrogens (tertiary/aromatic N) is 2. The van der Waals surface area contributed by atoms with Gasteiger partial charge in [0, 0.05) is 13.1 Å². The molecule has 0 radical (unpaired) electrons. The predicted octanol–water partition coefficient (Wildman–Crippen LogP) is 2.87. The van der Waals surface area contributed by atoms with Gasteiger partial charge in [-0.05, 0) is 17.5 Å². The molecule has 2 aromatic carbocycles. The second-order valence-electron chi connectivity index (χ2n) is 6.14. The maximum Gasteiger partial charge on any atom is 0.230 e. The fourth-order valence-corrected chi connectivity index (χ4v) is 3.57. The third-order valence-electron chi connectivity index (χ3n) is 4.16. The number of carbonyl (C=O) groups excluding carboxylic acids is 1. The molecule has 5 nitrogen and oxygen atoms in total. The van der Waals surface area contributed by atoms with Crippen LogP contribution in [0.25, 0.3) is 0 Å². The van der Waals surface area contributed by atoms with Crippen molar-refractivity contribution in [1.82, 2.24) is 14.9 Å². The molecule has 0 aliphatic carbocycles. The van der Waals surface area contributed by atoms with E-state index in [9.17, 15) is 9.90 Å². The predicted molar refractivity (Wildman–Crippen MR) is 108 cm³/mol. The highest BCUT2D eigenvalue weighted by atomic mass is 32.2. The van der Waals surface area contributed by atoms with Crippen LogP contribution in [0.4, 0.5) is 0 Å². The first kappa shape index (κ1) is 19.2. The van der Waals surface area contributed by atoms with Crippen LogP contribution in [0, 0.1) is 0 Å². The average Bonchev–Trinajstić information content (AvgIpc) is 3.09. The minimum absolute atomic E-state index is 0.0178. The van der Waals surface area contributed by atoms with Crippen molar-refractivity contribution < 1.29 is 9.90 Å². The number of carbonyl (C=O) groups is 1. The summed E-state index contributed by atoms with van der Waals surface area (Å²) < 4.78 is 1.96. The van der Waals surface area contributed by atoms with Gasteiger partial charge < -0.3 is 15.0 Å². The quantitative estimate of drug-likeness (QED) is 0.560. The molecule has 0 bridgehead atoms. The zero-order chi connectivity index (χ0) is 18.9. The first-order valence-electron chi connectivity index (χ1n) is 8.89. The van der Waals surface area contributed by atoms with Crippen LogP contribution in [0.3, 0.4) is 0 Å². The number of aliphatic hydroxyl groups excluding tert-OH is 1. The molecule has 0 saturated heterocycles. The minimum Gasteiger partial charge on any atom is -0.390 e.